The predicted molar refractivity (Wildman–Crippen MR) is 97.2 cm³/mol. The Morgan fingerprint density at radius 2 is 1.91 bits per heavy atom. The summed E-state index contributed by atoms with van der Waals surface area (Å²) in [5.74, 6) is 1.50. The van der Waals surface area contributed by atoms with Gasteiger partial charge < -0.3 is 10.2 Å². The fraction of sp³-hybridized carbons (Fsp3) is 0.810. The van der Waals surface area contributed by atoms with E-state index in [0.29, 0.717) is 11.8 Å². The van der Waals surface area contributed by atoms with Gasteiger partial charge in [-0.3, -0.25) is 0 Å². The van der Waals surface area contributed by atoms with Crippen LogP contribution in [-0.2, 0) is 0 Å². The van der Waals surface area contributed by atoms with Crippen LogP contribution in [0.1, 0.15) is 78.1 Å². The fourth-order valence-electron chi connectivity index (χ4n) is 4.41. The molecule has 0 saturated heterocycles. The van der Waals surface area contributed by atoms with E-state index >= 15 is 0 Å². The van der Waals surface area contributed by atoms with Crippen molar-refractivity contribution in [3.8, 4) is 0 Å². The second kappa shape index (κ2) is 9.64. The minimum Gasteiger partial charge on any atom is -0.392 e. The SMILES string of the molecule is CCCCC=C1C[C@H]2C[C@@H](O)[C@H](C=C[C@@H](O)CCCCC)[C@H]2C1. The van der Waals surface area contributed by atoms with Crippen molar-refractivity contribution in [1.82, 2.24) is 0 Å². The molecule has 0 radical (unpaired) electrons. The molecule has 0 amide bonds. The zero-order valence-electron chi connectivity index (χ0n) is 15.1. The van der Waals surface area contributed by atoms with Crippen molar-refractivity contribution in [3.63, 3.8) is 0 Å². The second-order valence-electron chi connectivity index (χ2n) is 7.67. The monoisotopic (exact) mass is 320 g/mol. The molecule has 0 aromatic carbocycles. The van der Waals surface area contributed by atoms with Crippen molar-refractivity contribution in [3.05, 3.63) is 23.8 Å². The van der Waals surface area contributed by atoms with Crippen molar-refractivity contribution in [2.24, 2.45) is 17.8 Å². The predicted octanol–water partition coefficient (Wildman–Crippen LogP) is 5.01. The lowest BCUT2D eigenvalue weighted by Crippen LogP contribution is -2.17. The van der Waals surface area contributed by atoms with E-state index in [1.807, 2.05) is 6.08 Å². The molecule has 0 heterocycles. The van der Waals surface area contributed by atoms with Gasteiger partial charge in [0.25, 0.3) is 0 Å². The van der Waals surface area contributed by atoms with Gasteiger partial charge in [-0.2, -0.15) is 0 Å². The minimum atomic E-state index is -0.339. The molecule has 0 spiro atoms. The number of allylic oxidation sites excluding steroid dienone is 2. The third-order valence-corrected chi connectivity index (χ3v) is 5.76. The molecule has 2 aliphatic carbocycles. The largest absolute Gasteiger partial charge is 0.392 e. The molecule has 5 atom stereocenters. The van der Waals surface area contributed by atoms with Gasteiger partial charge in [-0.15, -0.1) is 0 Å². The summed E-state index contributed by atoms with van der Waals surface area (Å²) in [5, 5.41) is 20.4. The van der Waals surface area contributed by atoms with Crippen LogP contribution in [0.2, 0.25) is 0 Å². The molecule has 2 saturated carbocycles. The van der Waals surface area contributed by atoms with Crippen LogP contribution in [0.25, 0.3) is 0 Å². The molecule has 23 heavy (non-hydrogen) atoms. The quantitative estimate of drug-likeness (QED) is 0.463. The molecule has 0 bridgehead atoms. The molecule has 132 valence electrons. The summed E-state index contributed by atoms with van der Waals surface area (Å²) in [7, 11) is 0. The van der Waals surface area contributed by atoms with Crippen LogP contribution in [0.15, 0.2) is 23.8 Å². The van der Waals surface area contributed by atoms with Crippen LogP contribution >= 0.6 is 0 Å². The zero-order chi connectivity index (χ0) is 16.7. The molecule has 0 aromatic rings. The molecular formula is C21H36O2. The zero-order valence-corrected chi connectivity index (χ0v) is 15.1. The van der Waals surface area contributed by atoms with Gasteiger partial charge in [0.2, 0.25) is 0 Å². The highest BCUT2D eigenvalue weighted by molar-refractivity contribution is 5.17. The second-order valence-corrected chi connectivity index (χ2v) is 7.67. The lowest BCUT2D eigenvalue weighted by atomic mass is 9.90. The van der Waals surface area contributed by atoms with E-state index in [9.17, 15) is 10.2 Å². The van der Waals surface area contributed by atoms with E-state index in [4.69, 9.17) is 0 Å². The molecule has 0 unspecified atom stereocenters. The molecule has 2 heteroatoms. The Morgan fingerprint density at radius 3 is 2.65 bits per heavy atom. The molecule has 2 N–H and O–H groups in total. The number of fused-ring (bicyclic) bond motifs is 1. The summed E-state index contributed by atoms with van der Waals surface area (Å²) in [6.07, 6.45) is 17.3. The lowest BCUT2D eigenvalue weighted by Gasteiger charge is -2.17. The van der Waals surface area contributed by atoms with E-state index in [1.54, 1.807) is 5.57 Å². The summed E-state index contributed by atoms with van der Waals surface area (Å²) < 4.78 is 0. The van der Waals surface area contributed by atoms with Gasteiger partial charge in [0, 0.05) is 5.92 Å². The van der Waals surface area contributed by atoms with Gasteiger partial charge in [0.15, 0.2) is 0 Å². The van der Waals surface area contributed by atoms with Crippen molar-refractivity contribution in [2.75, 3.05) is 0 Å². The van der Waals surface area contributed by atoms with Gasteiger partial charge >= 0.3 is 0 Å². The normalized spacial score (nSPS) is 33.7. The smallest absolute Gasteiger partial charge is 0.0721 e. The molecule has 2 rings (SSSR count). The van der Waals surface area contributed by atoms with Crippen LogP contribution in [0.5, 0.6) is 0 Å². The number of unbranched alkanes of at least 4 members (excludes halogenated alkanes) is 4. The van der Waals surface area contributed by atoms with Gasteiger partial charge in [0.05, 0.1) is 12.2 Å². The molecular weight excluding hydrogens is 284 g/mol. The molecule has 0 aliphatic heterocycles. The van der Waals surface area contributed by atoms with Crippen LogP contribution in [0, 0.1) is 17.8 Å². The first kappa shape index (κ1) is 18.7. The number of rotatable bonds is 9. The highest BCUT2D eigenvalue weighted by Gasteiger charge is 2.44. The van der Waals surface area contributed by atoms with E-state index < -0.39 is 0 Å². The van der Waals surface area contributed by atoms with Crippen molar-refractivity contribution in [2.45, 2.75) is 90.3 Å². The lowest BCUT2D eigenvalue weighted by molar-refractivity contribution is 0.139. The van der Waals surface area contributed by atoms with E-state index in [1.165, 1.54) is 38.5 Å². The van der Waals surface area contributed by atoms with Gasteiger partial charge in [-0.1, -0.05) is 69.8 Å². The Bertz CT molecular complexity index is 399. The molecule has 0 aromatic heterocycles. The summed E-state index contributed by atoms with van der Waals surface area (Å²) in [6.45, 7) is 4.42. The highest BCUT2D eigenvalue weighted by Crippen LogP contribution is 2.50. The van der Waals surface area contributed by atoms with Crippen LogP contribution in [0.4, 0.5) is 0 Å². The van der Waals surface area contributed by atoms with E-state index in [2.05, 4.69) is 26.0 Å². The molecule has 2 aliphatic rings. The minimum absolute atomic E-state index is 0.207. The maximum atomic E-state index is 10.4. The van der Waals surface area contributed by atoms with Gasteiger partial charge in [-0.25, -0.2) is 0 Å². The average Bonchev–Trinajstić information content (AvgIpc) is 3.02. The standard InChI is InChI=1S/C21H36O2/c1-3-5-7-9-16-13-17-15-21(23)19(20(17)14-16)12-11-18(22)10-8-6-4-2/h9,11-12,17-23H,3-8,10,13-15H2,1-2H3/t17-,18-,19+,20-,21+/m0/s1. The van der Waals surface area contributed by atoms with E-state index in [-0.39, 0.29) is 18.1 Å². The first-order valence-electron chi connectivity index (χ1n) is 9.88. The number of hydrogen-bond donors (Lipinski definition) is 2. The summed E-state index contributed by atoms with van der Waals surface area (Å²) in [4.78, 5) is 0. The third-order valence-electron chi connectivity index (χ3n) is 5.76. The van der Waals surface area contributed by atoms with Crippen molar-refractivity contribution in [1.29, 1.82) is 0 Å². The number of hydrogen-bond acceptors (Lipinski definition) is 2. The van der Waals surface area contributed by atoms with Crippen molar-refractivity contribution >= 4 is 0 Å². The highest BCUT2D eigenvalue weighted by atomic mass is 16.3. The number of aliphatic hydroxyl groups is 2. The fourth-order valence-corrected chi connectivity index (χ4v) is 4.41. The summed E-state index contributed by atoms with van der Waals surface area (Å²) in [6, 6.07) is 0. The Morgan fingerprint density at radius 1 is 1.13 bits per heavy atom. The third kappa shape index (κ3) is 5.46. The summed E-state index contributed by atoms with van der Waals surface area (Å²) in [5.41, 5.74) is 1.61. The van der Waals surface area contributed by atoms with Gasteiger partial charge in [-0.05, 0) is 43.9 Å². The topological polar surface area (TPSA) is 40.5 Å². The number of aliphatic hydroxyl groups excluding tert-OH is 2. The average molecular weight is 321 g/mol. The first-order chi connectivity index (χ1) is 11.2. The Hall–Kier alpha value is -0.600. The van der Waals surface area contributed by atoms with Crippen LogP contribution in [-0.4, -0.2) is 22.4 Å². The van der Waals surface area contributed by atoms with Crippen LogP contribution in [0.3, 0.4) is 0 Å². The maximum Gasteiger partial charge on any atom is 0.0721 e. The maximum absolute atomic E-state index is 10.4. The van der Waals surface area contributed by atoms with Gasteiger partial charge in [0.1, 0.15) is 0 Å². The Balaban J connectivity index is 1.85. The summed E-state index contributed by atoms with van der Waals surface area (Å²) >= 11 is 0. The van der Waals surface area contributed by atoms with E-state index in [0.717, 1.165) is 25.7 Å². The Kier molecular flexibility index (Phi) is 7.85. The Labute approximate surface area is 142 Å². The van der Waals surface area contributed by atoms with Crippen molar-refractivity contribution < 1.29 is 10.2 Å². The first-order valence-corrected chi connectivity index (χ1v) is 9.88. The van der Waals surface area contributed by atoms with Crippen LogP contribution < -0.4 is 0 Å². The molecule has 2 fully saturated rings. The molecule has 2 nitrogen and oxygen atoms in total.